The third-order valence-corrected chi connectivity index (χ3v) is 6.86. The number of amides is 1. The number of thiazole rings is 1. The zero-order chi connectivity index (χ0) is 21.1. The molecule has 0 aliphatic carbocycles. The number of hydrogen-bond acceptors (Lipinski definition) is 5. The van der Waals surface area contributed by atoms with Gasteiger partial charge in [-0.15, -0.1) is 12.4 Å². The molecule has 31 heavy (non-hydrogen) atoms. The number of carbonyl (C=O) groups is 1. The van der Waals surface area contributed by atoms with E-state index in [1.807, 2.05) is 30.0 Å². The van der Waals surface area contributed by atoms with Crippen LogP contribution in [0.3, 0.4) is 0 Å². The van der Waals surface area contributed by atoms with Crippen LogP contribution in [0.4, 0.5) is 5.13 Å². The van der Waals surface area contributed by atoms with Crippen molar-refractivity contribution in [3.8, 4) is 0 Å². The molecule has 166 valence electrons. The van der Waals surface area contributed by atoms with E-state index in [0.717, 1.165) is 60.2 Å². The van der Waals surface area contributed by atoms with E-state index in [1.165, 1.54) is 11.1 Å². The second kappa shape index (κ2) is 10.6. The van der Waals surface area contributed by atoms with Crippen LogP contribution >= 0.6 is 23.7 Å². The van der Waals surface area contributed by atoms with Gasteiger partial charge in [-0.3, -0.25) is 14.6 Å². The Kier molecular flexibility index (Phi) is 8.06. The van der Waals surface area contributed by atoms with Crippen LogP contribution in [0.15, 0.2) is 36.4 Å². The first-order chi connectivity index (χ1) is 14.5. The summed E-state index contributed by atoms with van der Waals surface area (Å²) in [6, 6.07) is 12.3. The first-order valence-corrected chi connectivity index (χ1v) is 11.5. The van der Waals surface area contributed by atoms with Crippen molar-refractivity contribution in [3.63, 3.8) is 0 Å². The van der Waals surface area contributed by atoms with E-state index in [0.29, 0.717) is 12.1 Å². The van der Waals surface area contributed by atoms with Crippen LogP contribution in [0.2, 0.25) is 0 Å². The number of aryl methyl sites for hydroxylation is 3. The highest BCUT2D eigenvalue weighted by Gasteiger charge is 2.23. The lowest BCUT2D eigenvalue weighted by molar-refractivity contribution is 0.0391. The monoisotopic (exact) mass is 459 g/mol. The topological polar surface area (TPSA) is 45.7 Å². The van der Waals surface area contributed by atoms with Gasteiger partial charge in [0, 0.05) is 31.7 Å². The van der Waals surface area contributed by atoms with Crippen LogP contribution in [-0.2, 0) is 11.2 Å². The summed E-state index contributed by atoms with van der Waals surface area (Å²) in [6.07, 6.45) is 0.992. The van der Waals surface area contributed by atoms with Gasteiger partial charge in [-0.25, -0.2) is 4.98 Å². The van der Waals surface area contributed by atoms with Gasteiger partial charge in [0.2, 0.25) is 0 Å². The molecule has 0 bridgehead atoms. The molecule has 0 saturated carbocycles. The quantitative estimate of drug-likeness (QED) is 0.527. The van der Waals surface area contributed by atoms with Gasteiger partial charge in [-0.2, -0.15) is 0 Å². The SMILES string of the molecule is CCc1ccc2nc(N(CCN3CCOCC3)C(=O)c3ccc(C)c(C)c3)sc2c1.Cl. The molecule has 0 spiro atoms. The second-order valence-electron chi connectivity index (χ2n) is 7.86. The molecular formula is C24H30ClN3O2S. The van der Waals surface area contributed by atoms with E-state index in [2.05, 4.69) is 36.9 Å². The standard InChI is InChI=1S/C24H29N3O2S.ClH/c1-4-19-6-8-21-22(16-19)30-24(25-21)27(10-9-26-11-13-29-14-12-26)23(28)20-7-5-17(2)18(3)15-20;/h5-8,15-16H,4,9-14H2,1-3H3;1H. The molecule has 1 fully saturated rings. The van der Waals surface area contributed by atoms with E-state index in [9.17, 15) is 4.79 Å². The fourth-order valence-electron chi connectivity index (χ4n) is 3.67. The normalized spacial score (nSPS) is 14.4. The second-order valence-corrected chi connectivity index (χ2v) is 8.87. The fourth-order valence-corrected chi connectivity index (χ4v) is 4.73. The Bertz CT molecular complexity index is 1050. The molecule has 0 N–H and O–H groups in total. The predicted octanol–water partition coefficient (Wildman–Crippen LogP) is 4.88. The highest BCUT2D eigenvalue weighted by Crippen LogP contribution is 2.31. The van der Waals surface area contributed by atoms with Crippen LogP contribution in [0.5, 0.6) is 0 Å². The highest BCUT2D eigenvalue weighted by molar-refractivity contribution is 7.22. The molecule has 0 radical (unpaired) electrons. The first kappa shape index (κ1) is 23.7. The van der Waals surface area contributed by atoms with Crippen molar-refractivity contribution in [2.24, 2.45) is 0 Å². The molecule has 4 rings (SSSR count). The van der Waals surface area contributed by atoms with Crippen molar-refractivity contribution in [3.05, 3.63) is 58.7 Å². The van der Waals surface area contributed by atoms with E-state index in [4.69, 9.17) is 9.72 Å². The summed E-state index contributed by atoms with van der Waals surface area (Å²) in [6.45, 7) is 11.0. The molecule has 2 heterocycles. The largest absolute Gasteiger partial charge is 0.379 e. The van der Waals surface area contributed by atoms with Crippen molar-refractivity contribution in [2.45, 2.75) is 27.2 Å². The van der Waals surface area contributed by atoms with E-state index in [-0.39, 0.29) is 18.3 Å². The van der Waals surface area contributed by atoms with Gasteiger partial charge in [0.15, 0.2) is 5.13 Å². The summed E-state index contributed by atoms with van der Waals surface area (Å²) >= 11 is 1.60. The minimum atomic E-state index is 0. The van der Waals surface area contributed by atoms with Crippen LogP contribution in [0.25, 0.3) is 10.2 Å². The maximum absolute atomic E-state index is 13.5. The van der Waals surface area contributed by atoms with E-state index in [1.54, 1.807) is 11.3 Å². The van der Waals surface area contributed by atoms with Crippen molar-refractivity contribution >= 4 is 45.0 Å². The van der Waals surface area contributed by atoms with Crippen LogP contribution in [0, 0.1) is 13.8 Å². The number of nitrogens with zero attached hydrogens (tertiary/aromatic N) is 3. The van der Waals surface area contributed by atoms with Crippen molar-refractivity contribution < 1.29 is 9.53 Å². The maximum Gasteiger partial charge on any atom is 0.260 e. The number of anilines is 1. The zero-order valence-corrected chi connectivity index (χ0v) is 20.0. The predicted molar refractivity (Wildman–Crippen MR) is 131 cm³/mol. The molecule has 7 heteroatoms. The molecule has 0 atom stereocenters. The van der Waals surface area contributed by atoms with Crippen LogP contribution < -0.4 is 4.90 Å². The minimum Gasteiger partial charge on any atom is -0.379 e. The molecule has 1 saturated heterocycles. The lowest BCUT2D eigenvalue weighted by atomic mass is 10.1. The Balaban J connectivity index is 0.00000272. The minimum absolute atomic E-state index is 0. The number of benzene rings is 2. The van der Waals surface area contributed by atoms with Gasteiger partial charge in [0.05, 0.1) is 23.4 Å². The molecule has 5 nitrogen and oxygen atoms in total. The van der Waals surface area contributed by atoms with E-state index < -0.39 is 0 Å². The maximum atomic E-state index is 13.5. The van der Waals surface area contributed by atoms with Crippen molar-refractivity contribution in [1.29, 1.82) is 0 Å². The first-order valence-electron chi connectivity index (χ1n) is 10.6. The van der Waals surface area contributed by atoms with Gasteiger partial charge in [-0.05, 0) is 61.2 Å². The Labute approximate surface area is 194 Å². The summed E-state index contributed by atoms with van der Waals surface area (Å²) in [7, 11) is 0. The Morgan fingerprint density at radius 2 is 1.90 bits per heavy atom. The zero-order valence-electron chi connectivity index (χ0n) is 18.4. The summed E-state index contributed by atoms with van der Waals surface area (Å²) in [5.74, 6) is 0.0149. The molecule has 2 aromatic carbocycles. The van der Waals surface area contributed by atoms with E-state index >= 15 is 0 Å². The average Bonchev–Trinajstić information content (AvgIpc) is 3.19. The molecule has 0 unspecified atom stereocenters. The van der Waals surface area contributed by atoms with Gasteiger partial charge in [0.1, 0.15) is 0 Å². The van der Waals surface area contributed by atoms with Crippen LogP contribution in [0.1, 0.15) is 34.0 Å². The molecule has 1 aliphatic rings. The van der Waals surface area contributed by atoms with Gasteiger partial charge in [0.25, 0.3) is 5.91 Å². The van der Waals surface area contributed by atoms with Crippen molar-refractivity contribution in [1.82, 2.24) is 9.88 Å². The number of fused-ring (bicyclic) bond motifs is 1. The Morgan fingerprint density at radius 3 is 2.61 bits per heavy atom. The molecule has 3 aromatic rings. The summed E-state index contributed by atoms with van der Waals surface area (Å²) in [5, 5.41) is 0.773. The fraction of sp³-hybridized carbons (Fsp3) is 0.417. The molecular weight excluding hydrogens is 430 g/mol. The number of halogens is 1. The lowest BCUT2D eigenvalue weighted by Crippen LogP contribution is -2.43. The number of carbonyl (C=O) groups excluding carboxylic acids is 1. The molecule has 1 amide bonds. The highest BCUT2D eigenvalue weighted by atomic mass is 35.5. The summed E-state index contributed by atoms with van der Waals surface area (Å²) in [4.78, 5) is 22.6. The number of rotatable bonds is 6. The number of hydrogen-bond donors (Lipinski definition) is 0. The van der Waals surface area contributed by atoms with Gasteiger partial charge in [-0.1, -0.05) is 30.4 Å². The Morgan fingerprint density at radius 1 is 1.13 bits per heavy atom. The smallest absolute Gasteiger partial charge is 0.260 e. The third-order valence-electron chi connectivity index (χ3n) is 5.82. The number of ether oxygens (including phenoxy) is 1. The third kappa shape index (κ3) is 5.44. The summed E-state index contributed by atoms with van der Waals surface area (Å²) < 4.78 is 6.59. The number of aromatic nitrogens is 1. The lowest BCUT2D eigenvalue weighted by Gasteiger charge is -2.29. The van der Waals surface area contributed by atoms with Gasteiger partial charge >= 0.3 is 0 Å². The summed E-state index contributed by atoms with van der Waals surface area (Å²) in [5.41, 5.74) is 5.28. The Hall–Kier alpha value is -1.99. The average molecular weight is 460 g/mol. The molecule has 1 aliphatic heterocycles. The number of morpholine rings is 1. The molecule has 1 aromatic heterocycles. The van der Waals surface area contributed by atoms with Crippen LogP contribution in [-0.4, -0.2) is 55.2 Å². The van der Waals surface area contributed by atoms with Gasteiger partial charge < -0.3 is 4.74 Å². The van der Waals surface area contributed by atoms with Crippen molar-refractivity contribution in [2.75, 3.05) is 44.3 Å².